The van der Waals surface area contributed by atoms with Gasteiger partial charge in [-0.15, -0.1) is 0 Å². The van der Waals surface area contributed by atoms with E-state index < -0.39 is 5.97 Å². The van der Waals surface area contributed by atoms with Crippen LogP contribution in [0, 0.1) is 0 Å². The number of rotatable bonds is 5. The molecule has 0 bridgehead atoms. The van der Waals surface area contributed by atoms with E-state index in [2.05, 4.69) is 6.92 Å². The molecule has 3 rings (SSSR count). The van der Waals surface area contributed by atoms with Crippen molar-refractivity contribution in [3.8, 4) is 11.1 Å². The number of carbonyl (C=O) groups is 2. The Bertz CT molecular complexity index is 782. The molecule has 0 saturated carbocycles. The van der Waals surface area contributed by atoms with Crippen molar-refractivity contribution in [3.05, 3.63) is 59.2 Å². The summed E-state index contributed by atoms with van der Waals surface area (Å²) in [5.74, 6) is -0.733. The molecule has 4 nitrogen and oxygen atoms in total. The highest BCUT2D eigenvalue weighted by Gasteiger charge is 2.23. The maximum Gasteiger partial charge on any atom is 0.336 e. The minimum atomic E-state index is -0.928. The number of fused-ring (bicyclic) bond motifs is 1. The quantitative estimate of drug-likeness (QED) is 0.902. The van der Waals surface area contributed by atoms with E-state index >= 15 is 0 Å². The van der Waals surface area contributed by atoms with Gasteiger partial charge in [0.1, 0.15) is 0 Å². The standard InChI is InChI=1S/C20H21NO3/c1-2-3-8-19(22)21-12-15-10-9-14(11-16(15)13-21)17-6-4-5-7-18(17)20(23)24/h4-7,9-11H,2-3,8,12-13H2,1H3,(H,23,24). The van der Waals surface area contributed by atoms with Crippen LogP contribution in [0.2, 0.25) is 0 Å². The summed E-state index contributed by atoms with van der Waals surface area (Å²) < 4.78 is 0. The number of hydrogen-bond donors (Lipinski definition) is 1. The van der Waals surface area contributed by atoms with E-state index in [1.807, 2.05) is 35.2 Å². The SMILES string of the molecule is CCCCC(=O)N1Cc2ccc(-c3ccccc3C(=O)O)cc2C1. The normalized spacial score (nSPS) is 13.0. The summed E-state index contributed by atoms with van der Waals surface area (Å²) in [5, 5.41) is 9.36. The zero-order valence-corrected chi connectivity index (χ0v) is 13.8. The molecule has 0 aliphatic carbocycles. The number of benzene rings is 2. The van der Waals surface area contributed by atoms with Crippen molar-refractivity contribution in [1.82, 2.24) is 4.90 Å². The number of amides is 1. The maximum atomic E-state index is 12.2. The van der Waals surface area contributed by atoms with Crippen molar-refractivity contribution in [2.45, 2.75) is 39.3 Å². The predicted molar refractivity (Wildman–Crippen MR) is 92.6 cm³/mol. The van der Waals surface area contributed by atoms with Crippen molar-refractivity contribution >= 4 is 11.9 Å². The van der Waals surface area contributed by atoms with Crippen LogP contribution in [-0.2, 0) is 17.9 Å². The first-order chi connectivity index (χ1) is 11.6. The number of carbonyl (C=O) groups excluding carboxylic acids is 1. The zero-order valence-electron chi connectivity index (χ0n) is 13.8. The number of nitrogens with zero attached hydrogens (tertiary/aromatic N) is 1. The molecular formula is C20H21NO3. The Morgan fingerprint density at radius 2 is 1.83 bits per heavy atom. The van der Waals surface area contributed by atoms with E-state index in [0.717, 1.165) is 29.5 Å². The van der Waals surface area contributed by atoms with Gasteiger partial charge in [0.2, 0.25) is 5.91 Å². The second-order valence-corrected chi connectivity index (χ2v) is 6.19. The van der Waals surface area contributed by atoms with Crippen molar-refractivity contribution in [2.24, 2.45) is 0 Å². The first-order valence-corrected chi connectivity index (χ1v) is 8.32. The van der Waals surface area contributed by atoms with Gasteiger partial charge in [-0.05, 0) is 40.8 Å². The van der Waals surface area contributed by atoms with Crippen molar-refractivity contribution in [3.63, 3.8) is 0 Å². The fourth-order valence-electron chi connectivity index (χ4n) is 3.15. The highest BCUT2D eigenvalue weighted by atomic mass is 16.4. The Balaban J connectivity index is 1.85. The van der Waals surface area contributed by atoms with Crippen LogP contribution in [0.4, 0.5) is 0 Å². The Kier molecular flexibility index (Phi) is 4.65. The molecule has 0 saturated heterocycles. The van der Waals surface area contributed by atoms with Gasteiger partial charge >= 0.3 is 5.97 Å². The van der Waals surface area contributed by atoms with Crippen molar-refractivity contribution < 1.29 is 14.7 Å². The molecule has 124 valence electrons. The van der Waals surface area contributed by atoms with Crippen LogP contribution in [0.25, 0.3) is 11.1 Å². The third-order valence-electron chi connectivity index (χ3n) is 4.49. The number of hydrogen-bond acceptors (Lipinski definition) is 2. The molecule has 0 aromatic heterocycles. The van der Waals surface area contributed by atoms with E-state index in [1.54, 1.807) is 12.1 Å². The number of unbranched alkanes of at least 4 members (excludes halogenated alkanes) is 1. The van der Waals surface area contributed by atoms with Gasteiger partial charge in [-0.2, -0.15) is 0 Å². The first-order valence-electron chi connectivity index (χ1n) is 8.32. The second kappa shape index (κ2) is 6.87. The van der Waals surface area contributed by atoms with Gasteiger partial charge in [0, 0.05) is 19.5 Å². The van der Waals surface area contributed by atoms with Crippen LogP contribution in [-0.4, -0.2) is 21.9 Å². The molecule has 1 aliphatic rings. The summed E-state index contributed by atoms with van der Waals surface area (Å²) in [6.45, 7) is 3.35. The Morgan fingerprint density at radius 1 is 1.08 bits per heavy atom. The van der Waals surface area contributed by atoms with Gasteiger partial charge in [-0.1, -0.05) is 43.7 Å². The lowest BCUT2D eigenvalue weighted by Crippen LogP contribution is -2.24. The van der Waals surface area contributed by atoms with Gasteiger partial charge in [0.25, 0.3) is 0 Å². The molecule has 1 amide bonds. The van der Waals surface area contributed by atoms with E-state index in [1.165, 1.54) is 0 Å². The molecule has 2 aromatic rings. The Morgan fingerprint density at radius 3 is 2.58 bits per heavy atom. The molecule has 0 atom stereocenters. The average Bonchev–Trinajstić information content (AvgIpc) is 3.02. The first kappa shape index (κ1) is 16.2. The van der Waals surface area contributed by atoms with E-state index in [0.29, 0.717) is 30.6 Å². The lowest BCUT2D eigenvalue weighted by molar-refractivity contribution is -0.131. The molecule has 0 spiro atoms. The highest BCUT2D eigenvalue weighted by Crippen LogP contribution is 2.30. The minimum Gasteiger partial charge on any atom is -0.478 e. The monoisotopic (exact) mass is 323 g/mol. The van der Waals surface area contributed by atoms with Gasteiger partial charge in [0.15, 0.2) is 0 Å². The van der Waals surface area contributed by atoms with Crippen LogP contribution in [0.1, 0.15) is 47.7 Å². The topological polar surface area (TPSA) is 57.6 Å². The Labute approximate surface area is 141 Å². The second-order valence-electron chi connectivity index (χ2n) is 6.19. The number of carboxylic acids is 1. The molecule has 1 heterocycles. The van der Waals surface area contributed by atoms with Gasteiger partial charge in [-0.3, -0.25) is 4.79 Å². The van der Waals surface area contributed by atoms with Crippen molar-refractivity contribution in [1.29, 1.82) is 0 Å². The fraction of sp³-hybridized carbons (Fsp3) is 0.300. The summed E-state index contributed by atoms with van der Waals surface area (Å²) in [7, 11) is 0. The summed E-state index contributed by atoms with van der Waals surface area (Å²) >= 11 is 0. The van der Waals surface area contributed by atoms with Crippen molar-refractivity contribution in [2.75, 3.05) is 0 Å². The third-order valence-corrected chi connectivity index (χ3v) is 4.49. The van der Waals surface area contributed by atoms with Gasteiger partial charge < -0.3 is 10.0 Å². The molecule has 24 heavy (non-hydrogen) atoms. The predicted octanol–water partition coefficient (Wildman–Crippen LogP) is 4.08. The molecule has 1 aliphatic heterocycles. The molecule has 0 radical (unpaired) electrons. The van der Waals surface area contributed by atoms with Gasteiger partial charge in [0.05, 0.1) is 5.56 Å². The van der Waals surface area contributed by atoms with E-state index in [-0.39, 0.29) is 5.91 Å². The molecule has 0 fully saturated rings. The zero-order chi connectivity index (χ0) is 17.1. The molecule has 2 aromatic carbocycles. The fourth-order valence-corrected chi connectivity index (χ4v) is 3.15. The van der Waals surface area contributed by atoms with Crippen LogP contribution >= 0.6 is 0 Å². The van der Waals surface area contributed by atoms with Gasteiger partial charge in [-0.25, -0.2) is 4.79 Å². The minimum absolute atomic E-state index is 0.195. The van der Waals surface area contributed by atoms with E-state index in [9.17, 15) is 14.7 Å². The molecule has 1 N–H and O–H groups in total. The van der Waals surface area contributed by atoms with Crippen LogP contribution in [0.5, 0.6) is 0 Å². The largest absolute Gasteiger partial charge is 0.478 e. The molecule has 4 heteroatoms. The lowest BCUT2D eigenvalue weighted by Gasteiger charge is -2.14. The smallest absolute Gasteiger partial charge is 0.336 e. The summed E-state index contributed by atoms with van der Waals surface area (Å²) in [5.41, 5.74) is 4.15. The van der Waals surface area contributed by atoms with E-state index in [4.69, 9.17) is 0 Å². The maximum absolute atomic E-state index is 12.2. The highest BCUT2D eigenvalue weighted by molar-refractivity contribution is 5.96. The lowest BCUT2D eigenvalue weighted by atomic mass is 9.97. The summed E-state index contributed by atoms with van der Waals surface area (Å²) in [6, 6.07) is 13.0. The van der Waals surface area contributed by atoms with Crippen LogP contribution in [0.15, 0.2) is 42.5 Å². The van der Waals surface area contributed by atoms with Crippen LogP contribution < -0.4 is 0 Å². The molecule has 0 unspecified atom stereocenters. The third kappa shape index (κ3) is 3.18. The summed E-state index contributed by atoms with van der Waals surface area (Å²) in [4.78, 5) is 25.5. The van der Waals surface area contributed by atoms with Crippen LogP contribution in [0.3, 0.4) is 0 Å². The Hall–Kier alpha value is -2.62. The number of carboxylic acid groups (broad SMARTS) is 1. The average molecular weight is 323 g/mol. The molecular weight excluding hydrogens is 302 g/mol. The summed E-state index contributed by atoms with van der Waals surface area (Å²) in [6.07, 6.45) is 2.53. The number of aromatic carboxylic acids is 1.